The first-order valence-electron chi connectivity index (χ1n) is 3.30. The molecular weight excluding hydrogens is 169 g/mol. The summed E-state index contributed by atoms with van der Waals surface area (Å²) in [4.78, 5) is 0. The quantitative estimate of drug-likeness (QED) is 0.558. The third-order valence-corrected chi connectivity index (χ3v) is 1.48. The Bertz CT molecular complexity index is 267. The Morgan fingerprint density at radius 3 is 2.67 bits per heavy atom. The van der Waals surface area contributed by atoms with Crippen molar-refractivity contribution < 1.29 is 17.9 Å². The minimum Gasteiger partial charge on any atom is -0.501 e. The summed E-state index contributed by atoms with van der Waals surface area (Å²) >= 11 is 0. The van der Waals surface area contributed by atoms with E-state index in [2.05, 4.69) is 10.5 Å². The van der Waals surface area contributed by atoms with E-state index in [-0.39, 0.29) is 6.42 Å². The van der Waals surface area contributed by atoms with Gasteiger partial charge in [-0.3, -0.25) is 0 Å². The number of allylic oxidation sites excluding steroid dienone is 2. The van der Waals surface area contributed by atoms with Crippen molar-refractivity contribution in [1.29, 1.82) is 0 Å². The van der Waals surface area contributed by atoms with Crippen molar-refractivity contribution in [2.45, 2.75) is 12.6 Å². The van der Waals surface area contributed by atoms with Gasteiger partial charge in [0.05, 0.1) is 12.7 Å². The maximum absolute atomic E-state index is 12.0. The van der Waals surface area contributed by atoms with Crippen molar-refractivity contribution in [1.82, 2.24) is 0 Å². The van der Waals surface area contributed by atoms with Gasteiger partial charge in [-0.25, -0.2) is 0 Å². The molecule has 0 radical (unpaired) electrons. The van der Waals surface area contributed by atoms with Crippen LogP contribution in [-0.2, 0) is 4.74 Å². The lowest BCUT2D eigenvalue weighted by molar-refractivity contribution is -0.0939. The normalized spacial score (nSPS) is 17.0. The highest BCUT2D eigenvalue weighted by molar-refractivity contribution is 5.25. The molecule has 66 valence electrons. The molecule has 0 saturated heterocycles. The summed E-state index contributed by atoms with van der Waals surface area (Å²) in [5.74, 6) is 0.307. The molecule has 0 aromatic heterocycles. The Hall–Kier alpha value is -1.15. The third-order valence-electron chi connectivity index (χ3n) is 1.48. The van der Waals surface area contributed by atoms with Crippen LogP contribution in [0.4, 0.5) is 13.2 Å². The molecule has 0 N–H and O–H groups in total. The number of methoxy groups -OCH3 is 1. The van der Waals surface area contributed by atoms with Crippen LogP contribution in [0.3, 0.4) is 0 Å². The fraction of sp³-hybridized carbons (Fsp3) is 0.375. The second-order valence-corrected chi connectivity index (χ2v) is 2.30. The van der Waals surface area contributed by atoms with Crippen LogP contribution in [0.1, 0.15) is 6.42 Å². The minimum atomic E-state index is -4.30. The average molecular weight is 176 g/mol. The second-order valence-electron chi connectivity index (χ2n) is 2.30. The van der Waals surface area contributed by atoms with Crippen LogP contribution in [0.5, 0.6) is 0 Å². The monoisotopic (exact) mass is 176 g/mol. The maximum atomic E-state index is 12.0. The van der Waals surface area contributed by atoms with Crippen LogP contribution in [0.15, 0.2) is 29.2 Å². The Labute approximate surface area is 67.8 Å². The molecule has 1 aliphatic rings. The number of hydrogen-bond acceptors (Lipinski definition) is 1. The van der Waals surface area contributed by atoms with Crippen molar-refractivity contribution in [2.24, 2.45) is 0 Å². The van der Waals surface area contributed by atoms with Crippen molar-refractivity contribution in [3.05, 3.63) is 29.2 Å². The van der Waals surface area contributed by atoms with E-state index in [0.29, 0.717) is 5.76 Å². The van der Waals surface area contributed by atoms with Crippen LogP contribution >= 0.6 is 0 Å². The average Bonchev–Trinajstić information content (AvgIpc) is 2.03. The van der Waals surface area contributed by atoms with Gasteiger partial charge in [0.1, 0.15) is 5.76 Å². The van der Waals surface area contributed by atoms with Crippen molar-refractivity contribution in [3.63, 3.8) is 0 Å². The molecule has 1 rings (SSSR count). The summed E-state index contributed by atoms with van der Waals surface area (Å²) in [5, 5.41) is 0. The molecule has 0 fully saturated rings. The lowest BCUT2D eigenvalue weighted by atomic mass is 10.1. The fourth-order valence-electron chi connectivity index (χ4n) is 0.842. The topological polar surface area (TPSA) is 9.23 Å². The number of hydrogen-bond donors (Lipinski definition) is 0. The fourth-order valence-corrected chi connectivity index (χ4v) is 0.842. The lowest BCUT2D eigenvalue weighted by Gasteiger charge is -2.12. The van der Waals surface area contributed by atoms with Crippen LogP contribution in [-0.4, -0.2) is 13.3 Å². The van der Waals surface area contributed by atoms with E-state index in [1.54, 1.807) is 0 Å². The second kappa shape index (κ2) is 3.07. The number of rotatable bonds is 1. The number of ether oxygens (including phenoxy) is 1. The van der Waals surface area contributed by atoms with Gasteiger partial charge in [0, 0.05) is 6.42 Å². The summed E-state index contributed by atoms with van der Waals surface area (Å²) in [5.41, 5.74) is 1.44. The van der Waals surface area contributed by atoms with Crippen LogP contribution < -0.4 is 0 Å². The summed E-state index contributed by atoms with van der Waals surface area (Å²) in [6.45, 7) is 0. The molecule has 0 amide bonds. The Morgan fingerprint density at radius 1 is 1.50 bits per heavy atom. The van der Waals surface area contributed by atoms with Crippen LogP contribution in [0.2, 0.25) is 0 Å². The smallest absolute Gasteiger partial charge is 0.420 e. The van der Waals surface area contributed by atoms with E-state index in [9.17, 15) is 13.2 Å². The van der Waals surface area contributed by atoms with Gasteiger partial charge in [0.25, 0.3) is 0 Å². The highest BCUT2D eigenvalue weighted by Gasteiger charge is 2.34. The van der Waals surface area contributed by atoms with Crippen molar-refractivity contribution in [3.8, 4) is 0 Å². The maximum Gasteiger partial charge on any atom is 0.420 e. The molecule has 0 heterocycles. The van der Waals surface area contributed by atoms with Gasteiger partial charge in [-0.15, -0.1) is 5.73 Å². The first-order valence-corrected chi connectivity index (χ1v) is 3.30. The molecule has 0 bridgehead atoms. The first-order chi connectivity index (χ1) is 5.54. The van der Waals surface area contributed by atoms with Crippen LogP contribution in [0, 0.1) is 0 Å². The molecule has 12 heavy (non-hydrogen) atoms. The summed E-state index contributed by atoms with van der Waals surface area (Å²) in [6.07, 6.45) is -1.84. The molecule has 0 aromatic carbocycles. The summed E-state index contributed by atoms with van der Waals surface area (Å²) < 4.78 is 40.8. The SMILES string of the molecule is COC1=CC=C=C(C(F)(F)F)C1. The van der Waals surface area contributed by atoms with Gasteiger partial charge in [-0.2, -0.15) is 13.2 Å². The lowest BCUT2D eigenvalue weighted by Crippen LogP contribution is -2.13. The molecule has 4 heteroatoms. The largest absolute Gasteiger partial charge is 0.501 e. The van der Waals surface area contributed by atoms with Crippen molar-refractivity contribution in [2.75, 3.05) is 7.11 Å². The zero-order valence-electron chi connectivity index (χ0n) is 6.40. The van der Waals surface area contributed by atoms with E-state index >= 15 is 0 Å². The van der Waals surface area contributed by atoms with E-state index < -0.39 is 11.7 Å². The molecule has 0 aliphatic heterocycles. The molecule has 0 unspecified atom stereocenters. The van der Waals surface area contributed by atoms with E-state index in [1.165, 1.54) is 19.3 Å². The summed E-state index contributed by atoms with van der Waals surface area (Å²) in [6, 6.07) is 0. The third kappa shape index (κ3) is 1.92. The number of alkyl halides is 3. The zero-order chi connectivity index (χ0) is 9.19. The molecular formula is C8H7F3O. The van der Waals surface area contributed by atoms with E-state index in [1.807, 2.05) is 0 Å². The number of halogens is 3. The van der Waals surface area contributed by atoms with Crippen LogP contribution in [0.25, 0.3) is 0 Å². The van der Waals surface area contributed by atoms with Gasteiger partial charge >= 0.3 is 6.18 Å². The predicted octanol–water partition coefficient (Wildman–Crippen LogP) is 2.56. The van der Waals surface area contributed by atoms with Crippen molar-refractivity contribution >= 4 is 0 Å². The highest BCUT2D eigenvalue weighted by atomic mass is 19.4. The van der Waals surface area contributed by atoms with Gasteiger partial charge < -0.3 is 4.74 Å². The van der Waals surface area contributed by atoms with Gasteiger partial charge in [-0.1, -0.05) is 0 Å². The Kier molecular flexibility index (Phi) is 2.29. The molecule has 1 aliphatic carbocycles. The molecule has 1 nitrogen and oxygen atoms in total. The molecule has 0 aromatic rings. The van der Waals surface area contributed by atoms with Gasteiger partial charge in [-0.05, 0) is 12.2 Å². The standard InChI is InChI=1S/C8H7F3O/c1-12-7-4-2-3-6(5-7)8(9,10)11/h2,4H,5H2,1H3. The minimum absolute atomic E-state index is 0.226. The zero-order valence-corrected chi connectivity index (χ0v) is 6.40. The highest BCUT2D eigenvalue weighted by Crippen LogP contribution is 2.31. The first kappa shape index (κ1) is 8.94. The Balaban J connectivity index is 2.82. The van der Waals surface area contributed by atoms with Gasteiger partial charge in [0.15, 0.2) is 0 Å². The molecule has 0 atom stereocenters. The summed E-state index contributed by atoms with van der Waals surface area (Å²) in [7, 11) is 1.35. The van der Waals surface area contributed by atoms with Gasteiger partial charge in [0.2, 0.25) is 0 Å². The molecule has 0 saturated carbocycles. The Morgan fingerprint density at radius 2 is 2.17 bits per heavy atom. The predicted molar refractivity (Wildman–Crippen MR) is 37.4 cm³/mol. The molecule has 0 spiro atoms. The van der Waals surface area contributed by atoms with E-state index in [0.717, 1.165) is 0 Å². The van der Waals surface area contributed by atoms with E-state index in [4.69, 9.17) is 0 Å².